The Bertz CT molecular complexity index is 910. The number of hydrogen-bond donors (Lipinski definition) is 0. The van der Waals surface area contributed by atoms with E-state index in [9.17, 15) is 14.9 Å². The molecule has 0 spiro atoms. The molecule has 0 aliphatic heterocycles. The highest BCUT2D eigenvalue weighted by atomic mass is 16.6. The highest BCUT2D eigenvalue weighted by Crippen LogP contribution is 2.20. The van der Waals surface area contributed by atoms with Crippen LogP contribution in [-0.4, -0.2) is 14.3 Å². The monoisotopic (exact) mass is 311 g/mol. The van der Waals surface area contributed by atoms with E-state index in [4.69, 9.17) is 0 Å². The third-order valence-electron chi connectivity index (χ3n) is 3.84. The van der Waals surface area contributed by atoms with E-state index >= 15 is 0 Å². The minimum absolute atomic E-state index is 0.0601. The van der Waals surface area contributed by atoms with Gasteiger partial charge in [0.05, 0.1) is 22.4 Å². The average molecular weight is 311 g/mol. The molecule has 6 heteroatoms. The second kappa shape index (κ2) is 6.08. The van der Waals surface area contributed by atoms with Crippen molar-refractivity contribution in [2.24, 2.45) is 0 Å². The molecule has 118 valence electrons. The fourth-order valence-corrected chi connectivity index (χ4v) is 2.78. The van der Waals surface area contributed by atoms with Gasteiger partial charge >= 0.3 is 0 Å². The van der Waals surface area contributed by atoms with Gasteiger partial charge in [0.15, 0.2) is 0 Å². The van der Waals surface area contributed by atoms with Gasteiger partial charge in [-0.25, -0.2) is 4.68 Å². The van der Waals surface area contributed by atoms with E-state index in [0.29, 0.717) is 18.5 Å². The van der Waals surface area contributed by atoms with Crippen LogP contribution in [0, 0.1) is 10.1 Å². The number of aromatic nitrogens is 2. The molecule has 0 amide bonds. The summed E-state index contributed by atoms with van der Waals surface area (Å²) in [6.07, 6.45) is 0.870. The Labute approximate surface area is 132 Å². The lowest BCUT2D eigenvalue weighted by atomic mass is 10.2. The normalized spacial score (nSPS) is 11.0. The maximum atomic E-state index is 12.7. The van der Waals surface area contributed by atoms with Crippen LogP contribution in [0.25, 0.3) is 10.9 Å². The molecule has 0 unspecified atom stereocenters. The summed E-state index contributed by atoms with van der Waals surface area (Å²) in [5, 5.41) is 11.3. The van der Waals surface area contributed by atoms with Crippen LogP contribution in [-0.2, 0) is 13.1 Å². The van der Waals surface area contributed by atoms with Crippen LogP contribution in [0.3, 0.4) is 0 Å². The van der Waals surface area contributed by atoms with Crippen LogP contribution in [0.15, 0.2) is 53.3 Å². The van der Waals surface area contributed by atoms with Crippen LogP contribution >= 0.6 is 0 Å². The summed E-state index contributed by atoms with van der Waals surface area (Å²) in [5.41, 5.74) is 1.50. The number of nitrogens with zero attached hydrogens (tertiary/aromatic N) is 3. The average Bonchev–Trinajstić information content (AvgIpc) is 2.81. The quantitative estimate of drug-likeness (QED) is 0.537. The van der Waals surface area contributed by atoms with Crippen LogP contribution in [0.5, 0.6) is 0 Å². The molecule has 1 heterocycles. The first-order valence-electron chi connectivity index (χ1n) is 7.53. The van der Waals surface area contributed by atoms with Crippen molar-refractivity contribution >= 4 is 16.6 Å². The second-order valence-corrected chi connectivity index (χ2v) is 5.43. The van der Waals surface area contributed by atoms with Gasteiger partial charge in [0.2, 0.25) is 0 Å². The number of non-ortho nitro benzene ring substituents is 1. The largest absolute Gasteiger partial charge is 0.282 e. The number of hydrogen-bond acceptors (Lipinski definition) is 3. The Hall–Kier alpha value is -2.89. The first-order chi connectivity index (χ1) is 11.1. The highest BCUT2D eigenvalue weighted by Gasteiger charge is 2.16. The van der Waals surface area contributed by atoms with Gasteiger partial charge in [-0.2, -0.15) is 0 Å². The lowest BCUT2D eigenvalue weighted by Crippen LogP contribution is -2.23. The number of fused-ring (bicyclic) bond motifs is 1. The van der Waals surface area contributed by atoms with E-state index in [0.717, 1.165) is 17.5 Å². The molecule has 0 aliphatic rings. The molecule has 0 aliphatic carbocycles. The fraction of sp³-hybridized carbons (Fsp3) is 0.235. The summed E-state index contributed by atoms with van der Waals surface area (Å²) in [4.78, 5) is 23.2. The van der Waals surface area contributed by atoms with E-state index in [1.807, 2.05) is 41.9 Å². The van der Waals surface area contributed by atoms with Gasteiger partial charge < -0.3 is 0 Å². The third kappa shape index (κ3) is 2.75. The van der Waals surface area contributed by atoms with Gasteiger partial charge in [0.1, 0.15) is 0 Å². The van der Waals surface area contributed by atoms with Gasteiger partial charge in [0, 0.05) is 18.7 Å². The fourth-order valence-electron chi connectivity index (χ4n) is 2.78. The maximum absolute atomic E-state index is 12.7. The van der Waals surface area contributed by atoms with Crippen LogP contribution in [0.4, 0.5) is 5.69 Å². The zero-order chi connectivity index (χ0) is 16.4. The Morgan fingerprint density at radius 3 is 2.48 bits per heavy atom. The van der Waals surface area contributed by atoms with Crippen molar-refractivity contribution in [2.45, 2.75) is 26.4 Å². The van der Waals surface area contributed by atoms with Crippen molar-refractivity contribution in [3.05, 3.63) is 74.6 Å². The minimum atomic E-state index is -0.475. The second-order valence-electron chi connectivity index (χ2n) is 5.43. The van der Waals surface area contributed by atoms with Gasteiger partial charge in [-0.3, -0.25) is 19.6 Å². The molecule has 23 heavy (non-hydrogen) atoms. The summed E-state index contributed by atoms with van der Waals surface area (Å²) in [5.74, 6) is 0. The Morgan fingerprint density at radius 1 is 1.09 bits per heavy atom. The topological polar surface area (TPSA) is 70.1 Å². The highest BCUT2D eigenvalue weighted by molar-refractivity contribution is 5.81. The number of nitro groups is 1. The molecule has 0 saturated carbocycles. The van der Waals surface area contributed by atoms with Gasteiger partial charge in [-0.05, 0) is 18.1 Å². The van der Waals surface area contributed by atoms with Crippen molar-refractivity contribution < 1.29 is 4.92 Å². The number of aryl methyl sites for hydroxylation is 1. The predicted molar refractivity (Wildman–Crippen MR) is 88.7 cm³/mol. The predicted octanol–water partition coefficient (Wildman–Crippen LogP) is 3.17. The molecule has 6 nitrogen and oxygen atoms in total. The molecule has 2 aromatic carbocycles. The van der Waals surface area contributed by atoms with Crippen molar-refractivity contribution in [3.8, 4) is 0 Å². The first-order valence-corrected chi connectivity index (χ1v) is 7.53. The molecule has 0 radical (unpaired) electrons. The van der Waals surface area contributed by atoms with E-state index < -0.39 is 4.92 Å². The van der Waals surface area contributed by atoms with Crippen molar-refractivity contribution in [1.82, 2.24) is 9.36 Å². The summed E-state index contributed by atoms with van der Waals surface area (Å²) < 4.78 is 3.57. The van der Waals surface area contributed by atoms with Crippen LogP contribution < -0.4 is 5.56 Å². The zero-order valence-electron chi connectivity index (χ0n) is 12.8. The number of nitro benzene ring substituents is 1. The zero-order valence-corrected chi connectivity index (χ0v) is 12.8. The molecule has 0 saturated heterocycles. The smallest absolute Gasteiger partial charge is 0.275 e. The summed E-state index contributed by atoms with van der Waals surface area (Å²) in [6, 6.07) is 14.2. The molecule has 0 N–H and O–H groups in total. The standard InChI is InChI=1S/C17H17N3O3/c1-2-10-18-16-9-8-14(20(22)23)11-15(16)17(21)19(18)12-13-6-4-3-5-7-13/h3-9,11H,2,10,12H2,1H3. The minimum Gasteiger partial charge on any atom is -0.282 e. The molecular formula is C17H17N3O3. The Morgan fingerprint density at radius 2 is 1.83 bits per heavy atom. The molecule has 1 aromatic heterocycles. The molecule has 0 fully saturated rings. The Balaban J connectivity index is 2.19. The SMILES string of the molecule is CCCn1c2ccc([N+](=O)[O-])cc2c(=O)n1Cc1ccccc1. The number of rotatable bonds is 5. The lowest BCUT2D eigenvalue weighted by Gasteiger charge is -2.11. The van der Waals surface area contributed by atoms with E-state index in [1.54, 1.807) is 10.7 Å². The lowest BCUT2D eigenvalue weighted by molar-refractivity contribution is -0.384. The Kier molecular flexibility index (Phi) is 3.97. The van der Waals surface area contributed by atoms with Crippen molar-refractivity contribution in [1.29, 1.82) is 0 Å². The summed E-state index contributed by atoms with van der Waals surface area (Å²) in [6.45, 7) is 3.17. The van der Waals surface area contributed by atoms with Crippen LogP contribution in [0.1, 0.15) is 18.9 Å². The number of benzene rings is 2. The van der Waals surface area contributed by atoms with Gasteiger partial charge in [-0.15, -0.1) is 0 Å². The molecular weight excluding hydrogens is 294 g/mol. The maximum Gasteiger partial charge on any atom is 0.275 e. The van der Waals surface area contributed by atoms with Crippen molar-refractivity contribution in [2.75, 3.05) is 0 Å². The molecule has 3 aromatic rings. The van der Waals surface area contributed by atoms with E-state index in [2.05, 4.69) is 0 Å². The summed E-state index contributed by atoms with van der Waals surface area (Å²) >= 11 is 0. The summed E-state index contributed by atoms with van der Waals surface area (Å²) in [7, 11) is 0. The van der Waals surface area contributed by atoms with Crippen LogP contribution in [0.2, 0.25) is 0 Å². The van der Waals surface area contributed by atoms with E-state index in [1.165, 1.54) is 12.1 Å². The molecule has 0 atom stereocenters. The molecule has 3 rings (SSSR count). The molecule has 0 bridgehead atoms. The third-order valence-corrected chi connectivity index (χ3v) is 3.84. The van der Waals surface area contributed by atoms with Gasteiger partial charge in [0.25, 0.3) is 11.2 Å². The van der Waals surface area contributed by atoms with Crippen molar-refractivity contribution in [3.63, 3.8) is 0 Å². The van der Waals surface area contributed by atoms with E-state index in [-0.39, 0.29) is 11.2 Å². The van der Waals surface area contributed by atoms with Gasteiger partial charge in [-0.1, -0.05) is 37.3 Å². The first kappa shape index (κ1) is 15.0.